The maximum Gasteiger partial charge on any atom is 0.227 e. The van der Waals surface area contributed by atoms with Gasteiger partial charge in [0.25, 0.3) is 0 Å². The quantitative estimate of drug-likeness (QED) is 0.255. The first-order valence-electron chi connectivity index (χ1n) is 14.6. The second-order valence-electron chi connectivity index (χ2n) is 11.4. The highest BCUT2D eigenvalue weighted by atomic mass is 79.9. The Morgan fingerprint density at radius 3 is 2.42 bits per heavy atom. The van der Waals surface area contributed by atoms with Gasteiger partial charge >= 0.3 is 0 Å². The molecule has 2 fully saturated rings. The number of nitrogens with zero attached hydrogens (tertiary/aromatic N) is 5. The largest absolute Gasteiger partial charge is 0.368 e. The van der Waals surface area contributed by atoms with E-state index in [4.69, 9.17) is 4.98 Å². The van der Waals surface area contributed by atoms with E-state index in [1.54, 1.807) is 0 Å². The van der Waals surface area contributed by atoms with Gasteiger partial charge in [0, 0.05) is 48.6 Å². The van der Waals surface area contributed by atoms with Crippen molar-refractivity contribution in [1.82, 2.24) is 19.4 Å². The molecule has 0 bridgehead atoms. The van der Waals surface area contributed by atoms with Gasteiger partial charge in [-0.25, -0.2) is 4.98 Å². The third kappa shape index (κ3) is 5.54. The number of amides is 1. The third-order valence-corrected chi connectivity index (χ3v) is 8.95. The molecule has 3 heterocycles. The van der Waals surface area contributed by atoms with Crippen LogP contribution < -0.4 is 4.90 Å². The van der Waals surface area contributed by atoms with Crippen molar-refractivity contribution in [1.29, 1.82) is 0 Å². The molecule has 40 heavy (non-hydrogen) atoms. The Labute approximate surface area is 245 Å². The Balaban J connectivity index is 1.13. The van der Waals surface area contributed by atoms with Gasteiger partial charge in [-0.05, 0) is 73.3 Å². The van der Waals surface area contributed by atoms with Crippen LogP contribution in [0.3, 0.4) is 0 Å². The maximum absolute atomic E-state index is 13.7. The summed E-state index contributed by atoms with van der Waals surface area (Å²) >= 11 is 3.56. The number of para-hydroxylation sites is 3. The van der Waals surface area contributed by atoms with E-state index in [2.05, 4.69) is 116 Å². The van der Waals surface area contributed by atoms with Crippen molar-refractivity contribution in [3.8, 4) is 5.69 Å². The Morgan fingerprint density at radius 2 is 1.65 bits per heavy atom. The maximum atomic E-state index is 13.7. The molecule has 6 nitrogen and oxygen atoms in total. The van der Waals surface area contributed by atoms with Crippen LogP contribution in [0.2, 0.25) is 0 Å². The van der Waals surface area contributed by atoms with Crippen LogP contribution in [0.1, 0.15) is 44.0 Å². The van der Waals surface area contributed by atoms with Crippen LogP contribution in [0.5, 0.6) is 0 Å². The van der Waals surface area contributed by atoms with Crippen molar-refractivity contribution < 1.29 is 4.79 Å². The summed E-state index contributed by atoms with van der Waals surface area (Å²) in [6, 6.07) is 25.4. The molecule has 0 saturated carbocycles. The molecule has 0 radical (unpaired) electrons. The highest BCUT2D eigenvalue weighted by Gasteiger charge is 2.32. The number of anilines is 1. The van der Waals surface area contributed by atoms with Crippen molar-refractivity contribution in [3.05, 3.63) is 88.7 Å². The summed E-state index contributed by atoms with van der Waals surface area (Å²) in [6.07, 6.45) is 2.01. The van der Waals surface area contributed by atoms with Gasteiger partial charge in [-0.1, -0.05) is 60.1 Å². The van der Waals surface area contributed by atoms with Crippen molar-refractivity contribution in [2.75, 3.05) is 44.2 Å². The average molecular weight is 601 g/mol. The number of rotatable bonds is 6. The monoisotopic (exact) mass is 599 g/mol. The smallest absolute Gasteiger partial charge is 0.227 e. The van der Waals surface area contributed by atoms with Crippen LogP contribution in [0.25, 0.3) is 16.7 Å². The molecule has 2 aliphatic rings. The molecule has 3 aromatic carbocycles. The van der Waals surface area contributed by atoms with Crippen molar-refractivity contribution in [2.45, 2.75) is 39.2 Å². The van der Waals surface area contributed by atoms with Crippen molar-refractivity contribution >= 4 is 38.6 Å². The minimum Gasteiger partial charge on any atom is -0.368 e. The van der Waals surface area contributed by atoms with E-state index in [-0.39, 0.29) is 5.92 Å². The number of imidazole rings is 1. The first kappa shape index (κ1) is 27.0. The van der Waals surface area contributed by atoms with E-state index in [1.165, 1.54) is 11.3 Å². The van der Waals surface area contributed by atoms with Crippen LogP contribution in [0, 0.1) is 5.92 Å². The van der Waals surface area contributed by atoms with Crippen LogP contribution >= 0.6 is 15.9 Å². The van der Waals surface area contributed by atoms with Crippen molar-refractivity contribution in [2.24, 2.45) is 5.92 Å². The van der Waals surface area contributed by atoms with Gasteiger partial charge in [-0.2, -0.15) is 0 Å². The lowest BCUT2D eigenvalue weighted by Gasteiger charge is -2.40. The first-order valence-corrected chi connectivity index (χ1v) is 15.3. The number of halogens is 1. The minimum atomic E-state index is 0.0498. The number of carbonyl (C=O) groups is 1. The van der Waals surface area contributed by atoms with E-state index in [9.17, 15) is 4.79 Å². The molecule has 0 unspecified atom stereocenters. The molecular weight excluding hydrogens is 562 g/mol. The number of benzene rings is 3. The van der Waals surface area contributed by atoms with Crippen LogP contribution in [-0.2, 0) is 11.3 Å². The summed E-state index contributed by atoms with van der Waals surface area (Å²) in [4.78, 5) is 25.7. The number of piperazine rings is 1. The second kappa shape index (κ2) is 11.8. The molecule has 1 aromatic heterocycles. The molecule has 2 saturated heterocycles. The van der Waals surface area contributed by atoms with Gasteiger partial charge < -0.3 is 9.80 Å². The summed E-state index contributed by atoms with van der Waals surface area (Å²) in [5, 5.41) is 0. The summed E-state index contributed by atoms with van der Waals surface area (Å²) in [5.74, 6) is 1.88. The molecule has 6 rings (SSSR count). The van der Waals surface area contributed by atoms with Crippen LogP contribution in [0.15, 0.2) is 77.3 Å². The molecule has 1 amide bonds. The zero-order valence-corrected chi connectivity index (χ0v) is 25.1. The zero-order chi connectivity index (χ0) is 27.6. The molecule has 0 spiro atoms. The lowest BCUT2D eigenvalue weighted by atomic mass is 9.96. The van der Waals surface area contributed by atoms with Gasteiger partial charge in [-0.15, -0.1) is 0 Å². The van der Waals surface area contributed by atoms with Gasteiger partial charge in [0.15, 0.2) is 0 Å². The van der Waals surface area contributed by atoms with E-state index in [0.717, 1.165) is 85.7 Å². The summed E-state index contributed by atoms with van der Waals surface area (Å²) in [6.45, 7) is 10.4. The molecule has 2 aliphatic heterocycles. The fourth-order valence-corrected chi connectivity index (χ4v) is 6.61. The number of hydrogen-bond acceptors (Lipinski definition) is 4. The Kier molecular flexibility index (Phi) is 7.94. The number of likely N-dealkylation sites (tertiary alicyclic amines) is 1. The molecule has 7 heteroatoms. The number of piperidine rings is 1. The fourth-order valence-electron chi connectivity index (χ4n) is 6.35. The van der Waals surface area contributed by atoms with Gasteiger partial charge in [0.05, 0.1) is 23.5 Å². The van der Waals surface area contributed by atoms with E-state index < -0.39 is 0 Å². The summed E-state index contributed by atoms with van der Waals surface area (Å²) < 4.78 is 3.33. The molecule has 208 valence electrons. The Bertz CT molecular complexity index is 1470. The number of aromatic nitrogens is 2. The number of fused-ring (bicyclic) bond motifs is 1. The predicted molar refractivity (Wildman–Crippen MR) is 166 cm³/mol. The predicted octanol–water partition coefficient (Wildman–Crippen LogP) is 6.47. The average Bonchev–Trinajstić information content (AvgIpc) is 3.35. The molecule has 0 aliphatic carbocycles. The lowest BCUT2D eigenvalue weighted by molar-refractivity contribution is -0.137. The van der Waals surface area contributed by atoms with Gasteiger partial charge in [0.1, 0.15) is 5.82 Å². The Morgan fingerprint density at radius 1 is 0.925 bits per heavy atom. The number of hydrogen-bond donors (Lipinski definition) is 0. The summed E-state index contributed by atoms with van der Waals surface area (Å²) in [7, 11) is 0. The fraction of sp³-hybridized carbons (Fsp3) is 0.394. The van der Waals surface area contributed by atoms with Crippen LogP contribution in [0.4, 0.5) is 5.69 Å². The first-order chi connectivity index (χ1) is 19.5. The van der Waals surface area contributed by atoms with E-state index in [0.29, 0.717) is 11.8 Å². The minimum absolute atomic E-state index is 0.0498. The number of carbonyl (C=O) groups excluding carboxylic acids is 1. The standard InChI is InChI=1S/C33H38BrN5O/c1-24(2)28-9-3-5-11-30(28)37-18-20-38(21-19-37)33(40)25-8-7-17-36(22-25)23-32-35-29-10-4-6-12-31(29)39(32)27-15-13-26(34)14-16-27/h3-6,9-16,24-25H,7-8,17-23H2,1-2H3/t25-/m1/s1. The van der Waals surface area contributed by atoms with E-state index >= 15 is 0 Å². The lowest BCUT2D eigenvalue weighted by Crippen LogP contribution is -2.52. The van der Waals surface area contributed by atoms with Gasteiger partial charge in [-0.3, -0.25) is 14.3 Å². The third-order valence-electron chi connectivity index (χ3n) is 8.43. The highest BCUT2D eigenvalue weighted by molar-refractivity contribution is 9.10. The zero-order valence-electron chi connectivity index (χ0n) is 23.5. The molecule has 0 N–H and O–H groups in total. The molecule has 4 aromatic rings. The van der Waals surface area contributed by atoms with Gasteiger partial charge in [0.2, 0.25) is 5.91 Å². The Hall–Kier alpha value is -3.16. The van der Waals surface area contributed by atoms with Crippen LogP contribution in [-0.4, -0.2) is 64.5 Å². The highest BCUT2D eigenvalue weighted by Crippen LogP contribution is 2.29. The molecule has 1 atom stereocenters. The SMILES string of the molecule is CC(C)c1ccccc1N1CCN(C(=O)[C@@H]2CCCN(Cc3nc4ccccc4n3-c3ccc(Br)cc3)C2)CC1. The normalized spacial score (nSPS) is 18.6. The second-order valence-corrected chi connectivity index (χ2v) is 12.3. The molecular formula is C33H38BrN5O. The topological polar surface area (TPSA) is 44.6 Å². The van der Waals surface area contributed by atoms with Crippen molar-refractivity contribution in [3.63, 3.8) is 0 Å². The van der Waals surface area contributed by atoms with E-state index in [1.807, 2.05) is 6.07 Å². The summed E-state index contributed by atoms with van der Waals surface area (Å²) in [5.41, 5.74) is 5.93.